The number of aromatic nitrogens is 1. The fraction of sp³-hybridized carbons (Fsp3) is 0.250. The molecular weight excluding hydrogens is 616 g/mol. The van der Waals surface area contributed by atoms with E-state index in [0.29, 0.717) is 60.0 Å². The number of anilines is 1. The number of amides is 2. The monoisotopic (exact) mass is 654 g/mol. The molecule has 248 valence electrons. The quantitative estimate of drug-likeness (QED) is 0.196. The lowest BCUT2D eigenvalue weighted by molar-refractivity contribution is 0.0648. The summed E-state index contributed by atoms with van der Waals surface area (Å²) in [6.45, 7) is 2.13. The molecule has 9 heteroatoms. The molecule has 0 saturated heterocycles. The summed E-state index contributed by atoms with van der Waals surface area (Å²) in [6.07, 6.45) is 3.42. The summed E-state index contributed by atoms with van der Waals surface area (Å²) in [5.41, 5.74) is 13.9. The van der Waals surface area contributed by atoms with Crippen molar-refractivity contribution in [2.75, 3.05) is 18.7 Å². The second kappa shape index (κ2) is 13.2. The van der Waals surface area contributed by atoms with Gasteiger partial charge >= 0.3 is 0 Å². The van der Waals surface area contributed by atoms with Gasteiger partial charge in [0, 0.05) is 48.3 Å². The number of nitrogens with two attached hydrogens (primary N) is 1. The van der Waals surface area contributed by atoms with Gasteiger partial charge in [-0.05, 0) is 84.8 Å². The highest BCUT2D eigenvalue weighted by Crippen LogP contribution is 2.42. The Hall–Kier alpha value is -5.54. The van der Waals surface area contributed by atoms with Crippen LogP contribution in [0.25, 0.3) is 11.3 Å². The van der Waals surface area contributed by atoms with Crippen LogP contribution in [0, 0.1) is 0 Å². The van der Waals surface area contributed by atoms with E-state index in [-0.39, 0.29) is 24.6 Å². The van der Waals surface area contributed by atoms with Crippen LogP contribution < -0.4 is 25.3 Å². The number of fused-ring (bicyclic) bond motifs is 3. The van der Waals surface area contributed by atoms with Crippen LogP contribution >= 0.6 is 0 Å². The molecule has 2 amide bonds. The smallest absolute Gasteiger partial charge is 0.257 e. The van der Waals surface area contributed by atoms with Gasteiger partial charge in [-0.15, -0.1) is 0 Å². The maximum Gasteiger partial charge on any atom is 0.257 e. The van der Waals surface area contributed by atoms with Gasteiger partial charge in [-0.25, -0.2) is 0 Å². The van der Waals surface area contributed by atoms with Gasteiger partial charge in [0.2, 0.25) is 6.79 Å². The SMILES string of the molecule is NCC1Cc2ccccc2CN1C(=O)c1cc2c(cc1-c1cc(C(=O)Nc3ccc(OCc4ccccc4)cc3)c3n1CCCC3)OCO2. The van der Waals surface area contributed by atoms with E-state index in [4.69, 9.17) is 19.9 Å². The number of ether oxygens (including phenoxy) is 3. The molecule has 1 unspecified atom stereocenters. The van der Waals surface area contributed by atoms with Crippen LogP contribution in [0.1, 0.15) is 55.9 Å². The highest BCUT2D eigenvalue weighted by atomic mass is 16.7. The van der Waals surface area contributed by atoms with Crippen LogP contribution in [0.15, 0.2) is 97.1 Å². The summed E-state index contributed by atoms with van der Waals surface area (Å²) in [6, 6.07) is 31.1. The van der Waals surface area contributed by atoms with Crippen LogP contribution in [-0.2, 0) is 32.5 Å². The Morgan fingerprint density at radius 2 is 1.61 bits per heavy atom. The first-order valence-corrected chi connectivity index (χ1v) is 16.9. The lowest BCUT2D eigenvalue weighted by atomic mass is 9.92. The first-order chi connectivity index (χ1) is 24.1. The summed E-state index contributed by atoms with van der Waals surface area (Å²) in [7, 11) is 0. The van der Waals surface area contributed by atoms with Gasteiger partial charge in [0.15, 0.2) is 11.5 Å². The van der Waals surface area contributed by atoms with Crippen LogP contribution in [0.5, 0.6) is 17.2 Å². The highest BCUT2D eigenvalue weighted by molar-refractivity contribution is 6.07. The van der Waals surface area contributed by atoms with E-state index in [1.165, 1.54) is 5.56 Å². The van der Waals surface area contributed by atoms with Crippen molar-refractivity contribution < 1.29 is 23.8 Å². The van der Waals surface area contributed by atoms with Gasteiger partial charge in [0.05, 0.1) is 11.1 Å². The Bertz CT molecular complexity index is 2020. The minimum Gasteiger partial charge on any atom is -0.489 e. The molecule has 49 heavy (non-hydrogen) atoms. The molecule has 3 aliphatic rings. The molecule has 0 spiro atoms. The fourth-order valence-corrected chi connectivity index (χ4v) is 7.19. The topological polar surface area (TPSA) is 108 Å². The molecule has 1 aromatic heterocycles. The van der Waals surface area contributed by atoms with E-state index in [2.05, 4.69) is 22.0 Å². The molecule has 0 bridgehead atoms. The third kappa shape index (κ3) is 6.02. The van der Waals surface area contributed by atoms with Gasteiger partial charge in [0.1, 0.15) is 12.4 Å². The molecule has 0 aliphatic carbocycles. The zero-order valence-electron chi connectivity index (χ0n) is 27.2. The first kappa shape index (κ1) is 30.8. The normalized spacial score (nSPS) is 16.1. The van der Waals surface area contributed by atoms with Gasteiger partial charge in [-0.1, -0.05) is 54.6 Å². The van der Waals surface area contributed by atoms with E-state index in [1.54, 1.807) is 6.07 Å². The number of benzene rings is 4. The zero-order valence-corrected chi connectivity index (χ0v) is 27.2. The van der Waals surface area contributed by atoms with Crippen molar-refractivity contribution in [3.63, 3.8) is 0 Å². The minimum absolute atomic E-state index is 0.0882. The summed E-state index contributed by atoms with van der Waals surface area (Å²) in [5.74, 6) is 1.52. The third-order valence-electron chi connectivity index (χ3n) is 9.77. The van der Waals surface area contributed by atoms with Crippen molar-refractivity contribution in [1.29, 1.82) is 0 Å². The Kier molecular flexibility index (Phi) is 8.27. The second-order valence-electron chi connectivity index (χ2n) is 12.8. The van der Waals surface area contributed by atoms with Crippen molar-refractivity contribution >= 4 is 17.5 Å². The lowest BCUT2D eigenvalue weighted by Gasteiger charge is -2.37. The van der Waals surface area contributed by atoms with E-state index in [9.17, 15) is 9.59 Å². The van der Waals surface area contributed by atoms with Crippen molar-refractivity contribution in [2.24, 2.45) is 5.73 Å². The number of carbonyl (C=O) groups excluding carboxylic acids is 2. The molecule has 4 heterocycles. The van der Waals surface area contributed by atoms with Crippen LogP contribution in [0.2, 0.25) is 0 Å². The summed E-state index contributed by atoms with van der Waals surface area (Å²) in [4.78, 5) is 30.3. The Morgan fingerprint density at radius 1 is 0.857 bits per heavy atom. The van der Waals surface area contributed by atoms with E-state index >= 15 is 0 Å². The third-order valence-corrected chi connectivity index (χ3v) is 9.77. The van der Waals surface area contributed by atoms with Crippen LogP contribution in [0.4, 0.5) is 5.69 Å². The zero-order chi connectivity index (χ0) is 33.3. The average Bonchev–Trinajstić information content (AvgIpc) is 3.78. The highest BCUT2D eigenvalue weighted by Gasteiger charge is 2.34. The number of hydrogen-bond acceptors (Lipinski definition) is 6. The Labute approximate surface area is 285 Å². The molecule has 8 rings (SSSR count). The summed E-state index contributed by atoms with van der Waals surface area (Å²) in [5, 5.41) is 3.09. The maximum absolute atomic E-state index is 14.6. The van der Waals surface area contributed by atoms with Gasteiger partial charge < -0.3 is 34.7 Å². The second-order valence-corrected chi connectivity index (χ2v) is 12.8. The fourth-order valence-electron chi connectivity index (χ4n) is 7.19. The molecule has 0 fully saturated rings. The number of rotatable bonds is 8. The number of carbonyl (C=O) groups is 2. The molecule has 1 atom stereocenters. The van der Waals surface area contributed by atoms with Crippen LogP contribution in [-0.4, -0.2) is 40.7 Å². The van der Waals surface area contributed by atoms with E-state index < -0.39 is 0 Å². The lowest BCUT2D eigenvalue weighted by Crippen LogP contribution is -2.48. The number of nitrogens with one attached hydrogen (secondary N) is 1. The predicted octanol–water partition coefficient (Wildman–Crippen LogP) is 6.58. The number of hydrogen-bond donors (Lipinski definition) is 2. The van der Waals surface area contributed by atoms with E-state index in [0.717, 1.165) is 54.1 Å². The van der Waals surface area contributed by atoms with Crippen LogP contribution in [0.3, 0.4) is 0 Å². The first-order valence-electron chi connectivity index (χ1n) is 16.9. The number of nitrogens with zero attached hydrogens (tertiary/aromatic N) is 2. The van der Waals surface area contributed by atoms with Gasteiger partial charge in [-0.3, -0.25) is 9.59 Å². The average molecular weight is 655 g/mol. The Balaban J connectivity index is 1.10. The summed E-state index contributed by atoms with van der Waals surface area (Å²) < 4.78 is 19.7. The molecule has 3 aliphatic heterocycles. The van der Waals surface area contributed by atoms with E-state index in [1.807, 2.05) is 83.8 Å². The van der Waals surface area contributed by atoms with Crippen molar-refractivity contribution in [2.45, 2.75) is 51.4 Å². The van der Waals surface area contributed by atoms with Gasteiger partial charge in [0.25, 0.3) is 11.8 Å². The molecule has 9 nitrogen and oxygen atoms in total. The standard InChI is InChI=1S/C40H38N4O5/c41-22-30-18-27-10-4-5-11-28(27)23-44(30)40(46)33-21-38-37(48-25-49-38)20-32(33)36-19-34(35-12-6-7-17-43(35)36)39(45)42-29-13-15-31(16-14-29)47-24-26-8-2-1-3-9-26/h1-5,8-11,13-16,19-21,30H,6-7,12,17-18,22-25,41H2,(H,42,45). The Morgan fingerprint density at radius 3 is 2.41 bits per heavy atom. The van der Waals surface area contributed by atoms with Crippen molar-refractivity contribution in [3.8, 4) is 28.5 Å². The summed E-state index contributed by atoms with van der Waals surface area (Å²) >= 11 is 0. The minimum atomic E-state index is -0.195. The molecule has 4 aromatic carbocycles. The molecule has 5 aromatic rings. The van der Waals surface area contributed by atoms with Crippen molar-refractivity contribution in [1.82, 2.24) is 9.47 Å². The molecule has 0 radical (unpaired) electrons. The largest absolute Gasteiger partial charge is 0.489 e. The molecule has 0 saturated carbocycles. The predicted molar refractivity (Wildman–Crippen MR) is 187 cm³/mol. The maximum atomic E-state index is 14.6. The molecule has 3 N–H and O–H groups in total. The van der Waals surface area contributed by atoms with Gasteiger partial charge in [-0.2, -0.15) is 0 Å². The van der Waals surface area contributed by atoms with Crippen molar-refractivity contribution in [3.05, 3.63) is 131 Å². The molecular formula is C40H38N4O5.